The summed E-state index contributed by atoms with van der Waals surface area (Å²) >= 11 is 0. The van der Waals surface area contributed by atoms with Crippen LogP contribution in [0.1, 0.15) is 31.2 Å². The van der Waals surface area contributed by atoms with Crippen LogP contribution in [0.5, 0.6) is 0 Å². The third-order valence-corrected chi connectivity index (χ3v) is 8.40. The number of carbonyl (C=O) groups excluding carboxylic acids is 2. The number of hydrogen-bond donors (Lipinski definition) is 4. The van der Waals surface area contributed by atoms with E-state index in [1.54, 1.807) is 12.1 Å². The Morgan fingerprint density at radius 2 is 1.70 bits per heavy atom. The molecule has 4 rings (SSSR count). The number of rotatable bonds is 12. The van der Waals surface area contributed by atoms with Gasteiger partial charge in [-0.25, -0.2) is 8.42 Å². The van der Waals surface area contributed by atoms with Gasteiger partial charge in [0.1, 0.15) is 12.1 Å². The molecule has 0 spiro atoms. The maximum Gasteiger partial charge on any atom is 0.242 e. The van der Waals surface area contributed by atoms with Crippen LogP contribution in [0.3, 0.4) is 0 Å². The normalized spacial score (nSPS) is 16.0. The molecule has 1 fully saturated rings. The molecule has 0 unspecified atom stereocenters. The van der Waals surface area contributed by atoms with E-state index in [9.17, 15) is 18.0 Å². The van der Waals surface area contributed by atoms with Crippen molar-refractivity contribution in [1.29, 1.82) is 0 Å². The Balaban J connectivity index is 1.49. The van der Waals surface area contributed by atoms with Crippen molar-refractivity contribution in [2.24, 2.45) is 16.5 Å². The smallest absolute Gasteiger partial charge is 0.242 e. The average molecular weight is 565 g/mol. The van der Waals surface area contributed by atoms with Gasteiger partial charge < -0.3 is 21.7 Å². The van der Waals surface area contributed by atoms with Crippen molar-refractivity contribution in [1.82, 2.24) is 14.9 Å². The number of hydrogen-bond acceptors (Lipinski definition) is 5. The van der Waals surface area contributed by atoms with Crippen molar-refractivity contribution < 1.29 is 18.0 Å². The fourth-order valence-electron chi connectivity index (χ4n) is 4.90. The van der Waals surface area contributed by atoms with E-state index in [0.717, 1.165) is 16.3 Å². The summed E-state index contributed by atoms with van der Waals surface area (Å²) in [6.07, 6.45) is 2.72. The van der Waals surface area contributed by atoms with Crippen molar-refractivity contribution in [2.45, 2.75) is 49.1 Å². The van der Waals surface area contributed by atoms with E-state index in [-0.39, 0.29) is 23.2 Å². The predicted molar refractivity (Wildman–Crippen MR) is 156 cm³/mol. The molecule has 0 aromatic heterocycles. The Hall–Kier alpha value is -3.96. The monoisotopic (exact) mass is 564 g/mol. The number of fused-ring (bicyclic) bond motifs is 1. The van der Waals surface area contributed by atoms with Gasteiger partial charge >= 0.3 is 0 Å². The molecule has 1 aliphatic rings. The SMILES string of the molecule is NC(N)=NCCCCNC(=O)[C@@H]1CCCN1C(=O)[C@@H](Cc1ccccc1)NS(=O)(=O)c1ccc2ccccc2c1. The average Bonchev–Trinajstić information content (AvgIpc) is 3.44. The Bertz CT molecular complexity index is 1460. The van der Waals surface area contributed by atoms with Crippen molar-refractivity contribution >= 4 is 38.6 Å². The largest absolute Gasteiger partial charge is 0.370 e. The fraction of sp³-hybridized carbons (Fsp3) is 0.345. The minimum Gasteiger partial charge on any atom is -0.370 e. The van der Waals surface area contributed by atoms with Gasteiger partial charge in [-0.3, -0.25) is 14.6 Å². The molecule has 0 bridgehead atoms. The fourth-order valence-corrected chi connectivity index (χ4v) is 6.12. The van der Waals surface area contributed by atoms with Gasteiger partial charge in [0.25, 0.3) is 0 Å². The maximum atomic E-state index is 13.8. The summed E-state index contributed by atoms with van der Waals surface area (Å²) in [5.41, 5.74) is 11.5. The second-order valence-corrected chi connectivity index (χ2v) is 11.6. The molecular formula is C29H36N6O4S. The van der Waals surface area contributed by atoms with Crippen LogP contribution in [0.15, 0.2) is 82.7 Å². The lowest BCUT2D eigenvalue weighted by molar-refractivity contribution is -0.139. The molecule has 6 N–H and O–H groups in total. The van der Waals surface area contributed by atoms with Crippen LogP contribution in [0.2, 0.25) is 0 Å². The minimum atomic E-state index is -4.04. The van der Waals surface area contributed by atoms with E-state index in [1.807, 2.05) is 54.6 Å². The van der Waals surface area contributed by atoms with Gasteiger partial charge in [-0.15, -0.1) is 0 Å². The van der Waals surface area contributed by atoms with Crippen LogP contribution < -0.4 is 21.5 Å². The molecule has 212 valence electrons. The van der Waals surface area contributed by atoms with E-state index in [0.29, 0.717) is 45.3 Å². The number of carbonyl (C=O) groups is 2. The molecule has 0 aliphatic carbocycles. The van der Waals surface area contributed by atoms with Crippen LogP contribution in [0, 0.1) is 0 Å². The molecule has 2 atom stereocenters. The molecule has 3 aromatic rings. The zero-order valence-electron chi connectivity index (χ0n) is 22.3. The molecule has 40 heavy (non-hydrogen) atoms. The number of likely N-dealkylation sites (tertiary alicyclic amines) is 1. The Kier molecular flexibility index (Phi) is 9.73. The standard InChI is InChI=1S/C29H36N6O4S/c30-29(31)33-17-7-6-16-32-27(36)26-13-8-18-35(26)28(37)25(19-21-9-2-1-3-10-21)34-40(38,39)24-15-14-22-11-4-5-12-23(22)20-24/h1-5,9-12,14-15,20,25-26,34H,6-8,13,16-19H2,(H,32,36)(H4,30,31,33)/t25-,26+/m1/s1. The van der Waals surface area contributed by atoms with Gasteiger partial charge in [0.2, 0.25) is 21.8 Å². The second-order valence-electron chi connectivity index (χ2n) is 9.87. The number of amides is 2. The van der Waals surface area contributed by atoms with Gasteiger partial charge in [0, 0.05) is 19.6 Å². The Labute approximate surface area is 234 Å². The molecular weight excluding hydrogens is 528 g/mol. The lowest BCUT2D eigenvalue weighted by Gasteiger charge is -2.29. The maximum absolute atomic E-state index is 13.8. The first-order chi connectivity index (χ1) is 19.2. The van der Waals surface area contributed by atoms with Gasteiger partial charge in [0.15, 0.2) is 5.96 Å². The molecule has 10 nitrogen and oxygen atoms in total. The van der Waals surface area contributed by atoms with E-state index in [4.69, 9.17) is 11.5 Å². The molecule has 11 heteroatoms. The number of sulfonamides is 1. The first-order valence-corrected chi connectivity index (χ1v) is 14.9. The molecule has 0 saturated carbocycles. The van der Waals surface area contributed by atoms with E-state index >= 15 is 0 Å². The van der Waals surface area contributed by atoms with E-state index in [2.05, 4.69) is 15.0 Å². The summed E-state index contributed by atoms with van der Waals surface area (Å²) in [6.45, 7) is 1.29. The highest BCUT2D eigenvalue weighted by molar-refractivity contribution is 7.89. The van der Waals surface area contributed by atoms with Crippen LogP contribution in [0.4, 0.5) is 0 Å². The summed E-state index contributed by atoms with van der Waals surface area (Å²) in [7, 11) is -4.04. The number of unbranched alkanes of at least 4 members (excludes halogenated alkanes) is 1. The lowest BCUT2D eigenvalue weighted by Crippen LogP contribution is -2.54. The number of benzene rings is 3. The summed E-state index contributed by atoms with van der Waals surface area (Å²) in [4.78, 5) is 32.4. The van der Waals surface area contributed by atoms with E-state index < -0.39 is 28.0 Å². The predicted octanol–water partition coefficient (Wildman–Crippen LogP) is 1.89. The second kappa shape index (κ2) is 13.4. The molecule has 2 amide bonds. The highest BCUT2D eigenvalue weighted by Gasteiger charge is 2.38. The third-order valence-electron chi connectivity index (χ3n) is 6.93. The quantitative estimate of drug-likeness (QED) is 0.149. The summed E-state index contributed by atoms with van der Waals surface area (Å²) in [6, 6.07) is 19.9. The van der Waals surface area contributed by atoms with Crippen LogP contribution in [-0.2, 0) is 26.0 Å². The summed E-state index contributed by atoms with van der Waals surface area (Å²) in [5.74, 6) is -0.632. The number of aliphatic imine (C=N–C) groups is 1. The lowest BCUT2D eigenvalue weighted by atomic mass is 10.1. The highest BCUT2D eigenvalue weighted by Crippen LogP contribution is 2.22. The van der Waals surface area contributed by atoms with Gasteiger partial charge in [-0.05, 0) is 60.6 Å². The van der Waals surface area contributed by atoms with Crippen LogP contribution in [-0.4, -0.2) is 62.8 Å². The zero-order valence-corrected chi connectivity index (χ0v) is 23.1. The van der Waals surface area contributed by atoms with Crippen LogP contribution in [0.25, 0.3) is 10.8 Å². The molecule has 3 aromatic carbocycles. The van der Waals surface area contributed by atoms with Crippen LogP contribution >= 0.6 is 0 Å². The Morgan fingerprint density at radius 3 is 2.45 bits per heavy atom. The first kappa shape index (κ1) is 29.0. The highest BCUT2D eigenvalue weighted by atomic mass is 32.2. The van der Waals surface area contributed by atoms with Gasteiger partial charge in [-0.2, -0.15) is 4.72 Å². The van der Waals surface area contributed by atoms with Gasteiger partial charge in [0.05, 0.1) is 4.90 Å². The summed E-state index contributed by atoms with van der Waals surface area (Å²) < 4.78 is 29.6. The van der Waals surface area contributed by atoms with Crippen molar-refractivity contribution in [3.8, 4) is 0 Å². The molecule has 1 heterocycles. The van der Waals surface area contributed by atoms with Gasteiger partial charge in [-0.1, -0.05) is 60.7 Å². The first-order valence-electron chi connectivity index (χ1n) is 13.4. The number of guanidine groups is 1. The van der Waals surface area contributed by atoms with Crippen molar-refractivity contribution in [3.05, 3.63) is 78.4 Å². The molecule has 1 aliphatic heterocycles. The topological polar surface area (TPSA) is 160 Å². The molecule has 1 saturated heterocycles. The molecule has 0 radical (unpaired) electrons. The van der Waals surface area contributed by atoms with Crippen molar-refractivity contribution in [2.75, 3.05) is 19.6 Å². The number of nitrogens with zero attached hydrogens (tertiary/aromatic N) is 2. The minimum absolute atomic E-state index is 0.0328. The number of nitrogens with one attached hydrogen (secondary N) is 2. The third kappa shape index (κ3) is 7.57. The summed E-state index contributed by atoms with van der Waals surface area (Å²) in [5, 5.41) is 4.60. The van der Waals surface area contributed by atoms with Crippen molar-refractivity contribution in [3.63, 3.8) is 0 Å². The Morgan fingerprint density at radius 1 is 0.975 bits per heavy atom. The number of nitrogens with two attached hydrogens (primary N) is 2. The zero-order chi connectivity index (χ0) is 28.5. The van der Waals surface area contributed by atoms with E-state index in [1.165, 1.54) is 11.0 Å².